The third kappa shape index (κ3) is 5.24. The number of aromatic nitrogens is 4. The van der Waals surface area contributed by atoms with Gasteiger partial charge in [0, 0.05) is 43.6 Å². The van der Waals surface area contributed by atoms with Gasteiger partial charge in [0.1, 0.15) is 0 Å². The first-order chi connectivity index (χ1) is 16.8. The molecule has 2 N–H and O–H groups in total. The lowest BCUT2D eigenvalue weighted by molar-refractivity contribution is -0.120. The van der Waals surface area contributed by atoms with Crippen LogP contribution in [-0.4, -0.2) is 44.9 Å². The van der Waals surface area contributed by atoms with E-state index < -0.39 is 0 Å². The lowest BCUT2D eigenvalue weighted by Crippen LogP contribution is -2.28. The second-order valence-electron chi connectivity index (χ2n) is 9.55. The van der Waals surface area contributed by atoms with E-state index in [2.05, 4.69) is 20.7 Å². The highest BCUT2D eigenvalue weighted by Gasteiger charge is 2.24. The Balaban J connectivity index is 1.66. The van der Waals surface area contributed by atoms with Gasteiger partial charge in [-0.2, -0.15) is 5.10 Å². The van der Waals surface area contributed by atoms with Crippen LogP contribution in [0.4, 0.5) is 5.69 Å². The van der Waals surface area contributed by atoms with Gasteiger partial charge in [0.15, 0.2) is 0 Å². The number of benzene rings is 1. The van der Waals surface area contributed by atoms with Crippen LogP contribution in [0.1, 0.15) is 72.4 Å². The van der Waals surface area contributed by atoms with Crippen molar-refractivity contribution in [3.63, 3.8) is 0 Å². The van der Waals surface area contributed by atoms with Crippen LogP contribution >= 0.6 is 0 Å². The minimum Gasteiger partial charge on any atom is -0.383 e. The fourth-order valence-electron chi connectivity index (χ4n) is 5.19. The summed E-state index contributed by atoms with van der Waals surface area (Å²) in [7, 11) is 3.54. The second kappa shape index (κ2) is 10.6. The minimum absolute atomic E-state index is 0.0178. The van der Waals surface area contributed by atoms with Gasteiger partial charge >= 0.3 is 0 Å². The number of rotatable bonds is 8. The van der Waals surface area contributed by atoms with Gasteiger partial charge in [0.25, 0.3) is 5.91 Å². The molecular formula is C26H36N6O3. The Morgan fingerprint density at radius 3 is 2.60 bits per heavy atom. The van der Waals surface area contributed by atoms with Gasteiger partial charge in [0.05, 0.1) is 41.3 Å². The molecule has 1 aromatic carbocycles. The monoisotopic (exact) mass is 480 g/mol. The van der Waals surface area contributed by atoms with Crippen LogP contribution in [-0.2, 0) is 23.1 Å². The van der Waals surface area contributed by atoms with Gasteiger partial charge in [-0.1, -0.05) is 19.3 Å². The van der Waals surface area contributed by atoms with Crippen molar-refractivity contribution in [2.24, 2.45) is 13.0 Å². The molecule has 0 unspecified atom stereocenters. The molecule has 0 saturated heterocycles. The Hall–Kier alpha value is -3.20. The number of aryl methyl sites for hydroxylation is 2. The van der Waals surface area contributed by atoms with E-state index in [1.165, 1.54) is 6.42 Å². The van der Waals surface area contributed by atoms with E-state index in [1.807, 2.05) is 43.1 Å². The molecule has 9 heteroatoms. The number of nitrogens with one attached hydrogen (secondary N) is 2. The summed E-state index contributed by atoms with van der Waals surface area (Å²) < 4.78 is 8.99. The SMILES string of the molecule is COCCn1cnc2cc(NC(=O)C3CCCCC3)cc(C(=O)N[C@@H](C)c3c(C)nn(C)c3C)c21. The first kappa shape index (κ1) is 24.9. The molecule has 0 aliphatic heterocycles. The smallest absolute Gasteiger partial charge is 0.254 e. The number of carbonyl (C=O) groups excluding carboxylic acids is 2. The van der Waals surface area contributed by atoms with Crippen molar-refractivity contribution in [3.8, 4) is 0 Å². The average Bonchev–Trinajstić information content (AvgIpc) is 3.36. The number of amides is 2. The van der Waals surface area contributed by atoms with Gasteiger partial charge in [-0.15, -0.1) is 0 Å². The van der Waals surface area contributed by atoms with E-state index in [1.54, 1.807) is 19.5 Å². The predicted octanol–water partition coefficient (Wildman–Crippen LogP) is 4.04. The van der Waals surface area contributed by atoms with E-state index in [4.69, 9.17) is 4.74 Å². The molecule has 1 aliphatic rings. The highest BCUT2D eigenvalue weighted by Crippen LogP contribution is 2.28. The molecular weight excluding hydrogens is 444 g/mol. The van der Waals surface area contributed by atoms with Crippen molar-refractivity contribution in [2.45, 2.75) is 65.5 Å². The van der Waals surface area contributed by atoms with Crippen molar-refractivity contribution < 1.29 is 14.3 Å². The van der Waals surface area contributed by atoms with Gasteiger partial charge in [-0.3, -0.25) is 14.3 Å². The van der Waals surface area contributed by atoms with Crippen molar-refractivity contribution in [3.05, 3.63) is 41.0 Å². The normalized spacial score (nSPS) is 15.3. The summed E-state index contributed by atoms with van der Waals surface area (Å²) in [6.45, 7) is 6.97. The molecule has 2 aromatic heterocycles. The highest BCUT2D eigenvalue weighted by atomic mass is 16.5. The van der Waals surface area contributed by atoms with Gasteiger partial charge < -0.3 is 19.9 Å². The number of hydrogen-bond donors (Lipinski definition) is 2. The third-order valence-corrected chi connectivity index (χ3v) is 7.08. The van der Waals surface area contributed by atoms with Crippen LogP contribution in [0.15, 0.2) is 18.5 Å². The molecule has 0 spiro atoms. The fraction of sp³-hybridized carbons (Fsp3) is 0.538. The maximum Gasteiger partial charge on any atom is 0.254 e. The molecule has 0 bridgehead atoms. The summed E-state index contributed by atoms with van der Waals surface area (Å²) in [6, 6.07) is 3.37. The molecule has 3 aromatic rings. The molecule has 4 rings (SSSR count). The van der Waals surface area contributed by atoms with Gasteiger partial charge in [0.2, 0.25) is 5.91 Å². The minimum atomic E-state index is -0.234. The van der Waals surface area contributed by atoms with Crippen molar-refractivity contribution in [1.29, 1.82) is 0 Å². The first-order valence-electron chi connectivity index (χ1n) is 12.4. The second-order valence-corrected chi connectivity index (χ2v) is 9.55. The third-order valence-electron chi connectivity index (χ3n) is 7.08. The number of nitrogens with zero attached hydrogens (tertiary/aromatic N) is 4. The molecule has 2 amide bonds. The molecule has 1 atom stereocenters. The molecule has 188 valence electrons. The van der Waals surface area contributed by atoms with Crippen molar-refractivity contribution in [1.82, 2.24) is 24.6 Å². The largest absolute Gasteiger partial charge is 0.383 e. The van der Waals surface area contributed by atoms with Crippen LogP contribution in [0.5, 0.6) is 0 Å². The Bertz CT molecular complexity index is 1220. The highest BCUT2D eigenvalue weighted by molar-refractivity contribution is 6.07. The van der Waals surface area contributed by atoms with E-state index in [9.17, 15) is 9.59 Å². The average molecular weight is 481 g/mol. The fourth-order valence-corrected chi connectivity index (χ4v) is 5.19. The number of ether oxygens (including phenoxy) is 1. The number of hydrogen-bond acceptors (Lipinski definition) is 5. The van der Waals surface area contributed by atoms with E-state index in [0.717, 1.165) is 48.2 Å². The van der Waals surface area contributed by atoms with Crippen LogP contribution < -0.4 is 10.6 Å². The number of imidazole rings is 1. The van der Waals surface area contributed by atoms with Crippen molar-refractivity contribution in [2.75, 3.05) is 19.0 Å². The zero-order valence-corrected chi connectivity index (χ0v) is 21.4. The van der Waals surface area contributed by atoms with Crippen LogP contribution in [0, 0.1) is 19.8 Å². The van der Waals surface area contributed by atoms with Gasteiger partial charge in [-0.25, -0.2) is 4.98 Å². The lowest BCUT2D eigenvalue weighted by Gasteiger charge is -2.21. The zero-order valence-electron chi connectivity index (χ0n) is 21.4. The summed E-state index contributed by atoms with van der Waals surface area (Å²) in [4.78, 5) is 31.0. The Kier molecular flexibility index (Phi) is 7.54. The van der Waals surface area contributed by atoms with E-state index >= 15 is 0 Å². The Morgan fingerprint density at radius 1 is 1.20 bits per heavy atom. The maximum absolute atomic E-state index is 13.6. The Morgan fingerprint density at radius 2 is 1.94 bits per heavy atom. The molecule has 9 nitrogen and oxygen atoms in total. The summed E-state index contributed by atoms with van der Waals surface area (Å²) in [5.41, 5.74) is 5.36. The lowest BCUT2D eigenvalue weighted by atomic mass is 9.88. The standard InChI is InChI=1S/C26H36N6O3/c1-16(23-17(2)30-31(4)18(23)3)28-26(34)21-13-20(29-25(33)19-9-7-6-8-10-19)14-22-24(21)32(15-27-22)11-12-35-5/h13-16,19H,6-12H2,1-5H3,(H,28,34)(H,29,33)/t16-/m0/s1. The summed E-state index contributed by atoms with van der Waals surface area (Å²) in [5, 5.41) is 10.7. The van der Waals surface area contributed by atoms with E-state index in [-0.39, 0.29) is 23.8 Å². The number of methoxy groups -OCH3 is 1. The quantitative estimate of drug-likeness (QED) is 0.506. The number of carbonyl (C=O) groups is 2. The summed E-state index contributed by atoms with van der Waals surface area (Å²) in [6.07, 6.45) is 6.89. The summed E-state index contributed by atoms with van der Waals surface area (Å²) in [5.74, 6) is -0.185. The van der Waals surface area contributed by atoms with Crippen LogP contribution in [0.3, 0.4) is 0 Å². The maximum atomic E-state index is 13.6. The zero-order chi connectivity index (χ0) is 25.1. The van der Waals surface area contributed by atoms with Gasteiger partial charge in [-0.05, 0) is 45.7 Å². The van der Waals surface area contributed by atoms with E-state index in [0.29, 0.717) is 29.9 Å². The Labute approximate surface area is 206 Å². The number of fused-ring (bicyclic) bond motifs is 1. The molecule has 1 saturated carbocycles. The molecule has 2 heterocycles. The molecule has 35 heavy (non-hydrogen) atoms. The topological polar surface area (TPSA) is 103 Å². The molecule has 1 fully saturated rings. The summed E-state index contributed by atoms with van der Waals surface area (Å²) >= 11 is 0. The molecule has 0 radical (unpaired) electrons. The first-order valence-corrected chi connectivity index (χ1v) is 12.4. The van der Waals surface area contributed by atoms with Crippen LogP contribution in [0.25, 0.3) is 11.0 Å². The number of anilines is 1. The van der Waals surface area contributed by atoms with Crippen molar-refractivity contribution >= 4 is 28.5 Å². The predicted molar refractivity (Wildman–Crippen MR) is 135 cm³/mol. The molecule has 1 aliphatic carbocycles. The van der Waals surface area contributed by atoms with Crippen LogP contribution in [0.2, 0.25) is 0 Å².